The normalized spacial score (nSPS) is 0. The summed E-state index contributed by atoms with van der Waals surface area (Å²) in [6.07, 6.45) is 0. The Balaban J connectivity index is 0. The second kappa shape index (κ2) is 19.1. The summed E-state index contributed by atoms with van der Waals surface area (Å²) in [7, 11) is 0. The van der Waals surface area contributed by atoms with Crippen molar-refractivity contribution >= 4 is 52.8 Å². The average Bonchev–Trinajstić information content (AvgIpc) is 0. The molecule has 0 N–H and O–H groups in total. The molecule has 0 aromatic rings. The number of rotatable bonds is 0. The topological polar surface area (TPSA) is 0 Å². The Kier molecular flexibility index (Phi) is 168. The van der Waals surface area contributed by atoms with Crippen molar-refractivity contribution in [1.82, 2.24) is 0 Å². The van der Waals surface area contributed by atoms with Crippen LogP contribution in [0.4, 0.5) is 0 Å². The van der Waals surface area contributed by atoms with Crippen LogP contribution in [0.25, 0.3) is 0 Å². The molecule has 33 valence electrons. The van der Waals surface area contributed by atoms with Gasteiger partial charge in [-0.3, -0.25) is 0 Å². The molecular weight excluding hydrogens is 270 g/mol. The molecule has 0 heterocycles. The Morgan fingerprint density at radius 2 is 0.500 bits per heavy atom. The molecule has 0 fully saturated rings. The Morgan fingerprint density at radius 3 is 0.500 bits per heavy atom. The van der Waals surface area contributed by atoms with Crippen molar-refractivity contribution in [3.63, 3.8) is 0 Å². The first kappa shape index (κ1) is 35.1. The molecule has 0 spiro atoms. The van der Waals surface area contributed by atoms with Crippen LogP contribution < -0.4 is 0 Å². The average molecular weight is 285 g/mol. The Morgan fingerprint density at radius 1 is 0.500 bits per heavy atom. The molecule has 0 amide bonds. The van der Waals surface area contributed by atoms with Gasteiger partial charge in [0.05, 0.1) is 0 Å². The summed E-state index contributed by atoms with van der Waals surface area (Å²) in [4.78, 5) is 0. The van der Waals surface area contributed by atoms with Gasteiger partial charge >= 0.3 is 70.2 Å². The van der Waals surface area contributed by atoms with E-state index in [4.69, 9.17) is 0 Å². The van der Waals surface area contributed by atoms with E-state index in [9.17, 15) is 0 Å². The van der Waals surface area contributed by atoms with Crippen molar-refractivity contribution < 1.29 is 17.4 Å². The molecule has 0 aromatic carbocycles. The van der Waals surface area contributed by atoms with E-state index >= 15 is 0 Å². The van der Waals surface area contributed by atoms with Gasteiger partial charge in [-0.2, -0.15) is 0 Å². The van der Waals surface area contributed by atoms with E-state index in [2.05, 4.69) is 0 Å². The zero-order valence-electron chi connectivity index (χ0n) is 0.408. The first-order chi connectivity index (χ1) is 0. The van der Waals surface area contributed by atoms with Crippen molar-refractivity contribution in [1.29, 1.82) is 0 Å². The second-order valence-electron chi connectivity index (χ2n) is 0. The van der Waals surface area contributed by atoms with Crippen LogP contribution in [0, 0.1) is 0 Å². The monoisotopic (exact) mass is 289 g/mol. The molecule has 0 unspecified atom stereocenters. The van der Waals surface area contributed by atoms with Crippen molar-refractivity contribution in [2.75, 3.05) is 0 Å². The first-order valence-corrected chi connectivity index (χ1v) is 0. The third-order valence-corrected chi connectivity index (χ3v) is 0. The van der Waals surface area contributed by atoms with Gasteiger partial charge in [-0.1, -0.05) is 0 Å². The quantitative estimate of drug-likeness (QED) is 0.391. The molecule has 4 heteroatoms. The molecule has 0 saturated carbocycles. The Hall–Kier alpha value is 2.16. The molecule has 0 atom stereocenters. The fraction of sp³-hybridized carbons (Fsp3) is 0. The third kappa shape index (κ3) is 8.90. The van der Waals surface area contributed by atoms with Crippen LogP contribution in [0.15, 0.2) is 0 Å². The van der Waals surface area contributed by atoms with Gasteiger partial charge in [0.25, 0.3) is 0 Å². The summed E-state index contributed by atoms with van der Waals surface area (Å²) in [6, 6.07) is 0. The van der Waals surface area contributed by atoms with Crippen LogP contribution in [0.3, 0.4) is 0 Å². The maximum absolute atomic E-state index is 0. The zero-order chi connectivity index (χ0) is 0. The summed E-state index contributed by atoms with van der Waals surface area (Å²) in [6.45, 7) is 0. The minimum atomic E-state index is 0. The van der Waals surface area contributed by atoms with Crippen LogP contribution in [0.1, 0.15) is 0 Å². The van der Waals surface area contributed by atoms with Crippen molar-refractivity contribution in [3.8, 4) is 0 Å². The van der Waals surface area contributed by atoms with Crippen LogP contribution in [-0.2, 0) is 17.4 Å². The van der Waals surface area contributed by atoms with E-state index in [1.165, 1.54) is 0 Å². The molecular formula is H15CrGe3. The molecule has 4 heavy (non-hydrogen) atoms. The molecule has 0 rings (SSSR count). The Bertz CT molecular complexity index is 3.25. The predicted octanol–water partition coefficient (Wildman–Crippen LogP) is -5.16. The van der Waals surface area contributed by atoms with Crippen molar-refractivity contribution in [2.24, 2.45) is 0 Å². The van der Waals surface area contributed by atoms with Crippen LogP contribution in [0.2, 0.25) is 0 Å². The SMILES string of the molecule is [Cr+3].[GeH5-].[GeH5-].[GeH5-]. The molecule has 0 nitrogen and oxygen atoms in total. The Labute approximate surface area is 69.5 Å². The fourth-order valence-electron chi connectivity index (χ4n) is 0. The van der Waals surface area contributed by atoms with Gasteiger partial charge in [-0.15, -0.1) is 0 Å². The zero-order valence-corrected chi connectivity index (χ0v) is 1.68. The first-order valence-electron chi connectivity index (χ1n) is 0. The molecule has 0 bridgehead atoms. The van der Waals surface area contributed by atoms with Gasteiger partial charge in [-0.05, 0) is 0 Å². The molecule has 1 radical (unpaired) electrons. The van der Waals surface area contributed by atoms with E-state index in [0.717, 1.165) is 0 Å². The summed E-state index contributed by atoms with van der Waals surface area (Å²) in [5.74, 6) is 0. The van der Waals surface area contributed by atoms with Gasteiger partial charge in [-0.25, -0.2) is 0 Å². The third-order valence-electron chi connectivity index (χ3n) is 0. The summed E-state index contributed by atoms with van der Waals surface area (Å²) >= 11 is 0. The molecule has 0 aliphatic rings. The van der Waals surface area contributed by atoms with Crippen molar-refractivity contribution in [3.05, 3.63) is 0 Å². The van der Waals surface area contributed by atoms with Gasteiger partial charge in [0.2, 0.25) is 0 Å². The van der Waals surface area contributed by atoms with E-state index in [0.29, 0.717) is 0 Å². The molecule has 0 saturated heterocycles. The van der Waals surface area contributed by atoms with Crippen LogP contribution >= 0.6 is 0 Å². The molecule has 0 aromatic heterocycles. The number of hydrogen-bond donors (Lipinski definition) is 0. The fourth-order valence-corrected chi connectivity index (χ4v) is 0. The van der Waals surface area contributed by atoms with Gasteiger partial charge in [0, 0.05) is 0 Å². The standard InChI is InChI=1S/Cr.3GeH5/h;3*1H5/q+3;3*-1. The summed E-state index contributed by atoms with van der Waals surface area (Å²) in [5.41, 5.74) is 0. The number of hydrogen-bond acceptors (Lipinski definition) is 0. The van der Waals surface area contributed by atoms with Gasteiger partial charge in [0.1, 0.15) is 0 Å². The van der Waals surface area contributed by atoms with E-state index in [-0.39, 0.29) is 70.2 Å². The second-order valence-corrected chi connectivity index (χ2v) is 0. The predicted molar refractivity (Wildman–Crippen MR) is 38.2 cm³/mol. The molecule has 0 aliphatic heterocycles. The van der Waals surface area contributed by atoms with E-state index in [1.54, 1.807) is 0 Å². The van der Waals surface area contributed by atoms with E-state index in [1.807, 2.05) is 0 Å². The van der Waals surface area contributed by atoms with Crippen LogP contribution in [0.5, 0.6) is 0 Å². The minimum absolute atomic E-state index is 0. The van der Waals surface area contributed by atoms with Crippen LogP contribution in [-0.4, -0.2) is 52.8 Å². The van der Waals surface area contributed by atoms with Gasteiger partial charge < -0.3 is 0 Å². The summed E-state index contributed by atoms with van der Waals surface area (Å²) < 4.78 is 0. The summed E-state index contributed by atoms with van der Waals surface area (Å²) in [5, 5.41) is 0. The molecule has 0 aliphatic carbocycles. The van der Waals surface area contributed by atoms with Gasteiger partial charge in [0.15, 0.2) is 0 Å². The van der Waals surface area contributed by atoms with Crippen molar-refractivity contribution in [2.45, 2.75) is 0 Å². The van der Waals surface area contributed by atoms with E-state index < -0.39 is 0 Å². The maximum atomic E-state index is 0.